The van der Waals surface area contributed by atoms with E-state index in [2.05, 4.69) is 14.9 Å². The Morgan fingerprint density at radius 2 is 1.93 bits per heavy atom. The van der Waals surface area contributed by atoms with Crippen molar-refractivity contribution in [3.05, 3.63) is 53.7 Å². The van der Waals surface area contributed by atoms with Gasteiger partial charge in [0.05, 0.1) is 13.5 Å². The molecule has 0 aliphatic carbocycles. The van der Waals surface area contributed by atoms with Crippen LogP contribution in [0.4, 0.5) is 0 Å². The van der Waals surface area contributed by atoms with Gasteiger partial charge in [0.25, 0.3) is 0 Å². The third kappa shape index (κ3) is 4.28. The number of methoxy groups -OCH3 is 1. The minimum absolute atomic E-state index is 0.0821. The van der Waals surface area contributed by atoms with Crippen LogP contribution in [-0.4, -0.2) is 40.2 Å². The SMILES string of the molecule is COC(=O)CCn1c(C)cc(C(=O)COc2ccc(-c3nnco3)cc2)c1C. The second-order valence-corrected chi connectivity index (χ2v) is 6.24. The predicted molar refractivity (Wildman–Crippen MR) is 100 cm³/mol. The van der Waals surface area contributed by atoms with Crippen molar-refractivity contribution in [2.45, 2.75) is 26.8 Å². The molecule has 1 aromatic carbocycles. The van der Waals surface area contributed by atoms with Crippen molar-refractivity contribution in [3.63, 3.8) is 0 Å². The van der Waals surface area contributed by atoms with E-state index in [0.29, 0.717) is 23.7 Å². The van der Waals surface area contributed by atoms with Gasteiger partial charge >= 0.3 is 5.97 Å². The molecule has 28 heavy (non-hydrogen) atoms. The van der Waals surface area contributed by atoms with Crippen molar-refractivity contribution in [1.82, 2.24) is 14.8 Å². The molecule has 0 radical (unpaired) electrons. The topological polar surface area (TPSA) is 96.5 Å². The Morgan fingerprint density at radius 3 is 2.57 bits per heavy atom. The molecule has 3 rings (SSSR count). The summed E-state index contributed by atoms with van der Waals surface area (Å²) < 4.78 is 17.4. The molecule has 146 valence electrons. The van der Waals surface area contributed by atoms with Gasteiger partial charge in [-0.1, -0.05) is 0 Å². The van der Waals surface area contributed by atoms with Crippen molar-refractivity contribution in [3.8, 4) is 17.2 Å². The first kappa shape index (κ1) is 19.3. The van der Waals surface area contributed by atoms with Crippen LogP contribution in [-0.2, 0) is 16.1 Å². The van der Waals surface area contributed by atoms with E-state index >= 15 is 0 Å². The second-order valence-electron chi connectivity index (χ2n) is 6.24. The van der Waals surface area contributed by atoms with E-state index in [1.54, 1.807) is 24.3 Å². The maximum atomic E-state index is 12.6. The van der Waals surface area contributed by atoms with Gasteiger partial charge in [-0.25, -0.2) is 0 Å². The minimum atomic E-state index is -0.285. The molecule has 0 amide bonds. The summed E-state index contributed by atoms with van der Waals surface area (Å²) in [6.07, 6.45) is 1.52. The summed E-state index contributed by atoms with van der Waals surface area (Å²) >= 11 is 0. The van der Waals surface area contributed by atoms with Crippen LogP contribution in [0.3, 0.4) is 0 Å². The average molecular weight is 383 g/mol. The van der Waals surface area contributed by atoms with Crippen molar-refractivity contribution in [2.75, 3.05) is 13.7 Å². The normalized spacial score (nSPS) is 10.7. The molecule has 0 spiro atoms. The summed E-state index contributed by atoms with van der Waals surface area (Å²) in [5, 5.41) is 7.48. The summed E-state index contributed by atoms with van der Waals surface area (Å²) in [5.74, 6) is 0.573. The molecule has 2 heterocycles. The number of nitrogens with zero attached hydrogens (tertiary/aromatic N) is 3. The smallest absolute Gasteiger partial charge is 0.307 e. The van der Waals surface area contributed by atoms with Gasteiger partial charge < -0.3 is 18.5 Å². The van der Waals surface area contributed by atoms with Crippen LogP contribution in [0.5, 0.6) is 5.75 Å². The molecular formula is C20H21N3O5. The van der Waals surface area contributed by atoms with Gasteiger partial charge in [-0.2, -0.15) is 0 Å². The fourth-order valence-electron chi connectivity index (χ4n) is 2.95. The van der Waals surface area contributed by atoms with Crippen LogP contribution in [0.25, 0.3) is 11.5 Å². The Hall–Kier alpha value is -3.42. The van der Waals surface area contributed by atoms with Crippen molar-refractivity contribution in [2.24, 2.45) is 0 Å². The molecule has 0 N–H and O–H groups in total. The predicted octanol–water partition coefficient (Wildman–Crippen LogP) is 2.98. The highest BCUT2D eigenvalue weighted by atomic mass is 16.5. The number of ketones is 1. The number of ether oxygens (including phenoxy) is 2. The molecule has 0 fully saturated rings. The van der Waals surface area contributed by atoms with E-state index in [-0.39, 0.29) is 24.8 Å². The zero-order valence-electron chi connectivity index (χ0n) is 16.0. The first-order valence-electron chi connectivity index (χ1n) is 8.75. The molecule has 0 atom stereocenters. The monoisotopic (exact) mass is 383 g/mol. The Morgan fingerprint density at radius 1 is 1.18 bits per heavy atom. The first-order valence-corrected chi connectivity index (χ1v) is 8.75. The lowest BCUT2D eigenvalue weighted by Crippen LogP contribution is -2.14. The van der Waals surface area contributed by atoms with Gasteiger partial charge in [0.1, 0.15) is 5.75 Å². The highest BCUT2D eigenvalue weighted by molar-refractivity contribution is 5.98. The quantitative estimate of drug-likeness (QED) is 0.436. The lowest BCUT2D eigenvalue weighted by Gasteiger charge is -2.09. The number of carbonyl (C=O) groups is 2. The van der Waals surface area contributed by atoms with E-state index < -0.39 is 0 Å². The number of benzene rings is 1. The molecule has 0 unspecified atom stereocenters. The van der Waals surface area contributed by atoms with Crippen LogP contribution in [0, 0.1) is 13.8 Å². The zero-order valence-corrected chi connectivity index (χ0v) is 16.0. The summed E-state index contributed by atoms with van der Waals surface area (Å²) in [5.41, 5.74) is 3.07. The summed E-state index contributed by atoms with van der Waals surface area (Å²) in [4.78, 5) is 24.0. The van der Waals surface area contributed by atoms with Gasteiger partial charge in [0, 0.05) is 29.1 Å². The molecule has 0 bridgehead atoms. The lowest BCUT2D eigenvalue weighted by atomic mass is 10.1. The molecule has 2 aromatic heterocycles. The Balaban J connectivity index is 1.62. The van der Waals surface area contributed by atoms with Gasteiger partial charge in [0.2, 0.25) is 18.1 Å². The minimum Gasteiger partial charge on any atom is -0.485 e. The number of Topliss-reactive ketones (excluding diaryl/α,β-unsaturated/α-hetero) is 1. The van der Waals surface area contributed by atoms with Gasteiger partial charge in [-0.05, 0) is 44.2 Å². The van der Waals surface area contributed by atoms with E-state index in [1.807, 2.05) is 24.5 Å². The maximum absolute atomic E-state index is 12.6. The zero-order chi connectivity index (χ0) is 20.1. The lowest BCUT2D eigenvalue weighted by molar-refractivity contribution is -0.140. The maximum Gasteiger partial charge on any atom is 0.307 e. The fourth-order valence-corrected chi connectivity index (χ4v) is 2.95. The van der Waals surface area contributed by atoms with Crippen molar-refractivity contribution < 1.29 is 23.5 Å². The van der Waals surface area contributed by atoms with Crippen LogP contribution in [0.15, 0.2) is 41.1 Å². The Kier molecular flexibility index (Phi) is 5.88. The van der Waals surface area contributed by atoms with E-state index in [0.717, 1.165) is 17.0 Å². The van der Waals surface area contributed by atoms with E-state index in [9.17, 15) is 9.59 Å². The third-order valence-corrected chi connectivity index (χ3v) is 4.47. The number of hydrogen-bond acceptors (Lipinski definition) is 7. The first-order chi connectivity index (χ1) is 13.5. The molecule has 0 saturated carbocycles. The highest BCUT2D eigenvalue weighted by Gasteiger charge is 2.17. The van der Waals surface area contributed by atoms with Gasteiger partial charge in [-0.3, -0.25) is 9.59 Å². The summed E-state index contributed by atoms with van der Waals surface area (Å²) in [7, 11) is 1.36. The van der Waals surface area contributed by atoms with Gasteiger partial charge in [0.15, 0.2) is 6.61 Å². The number of esters is 1. The molecule has 0 aliphatic heterocycles. The second kappa shape index (κ2) is 8.51. The third-order valence-electron chi connectivity index (χ3n) is 4.47. The number of aryl methyl sites for hydroxylation is 1. The molecule has 8 nitrogen and oxygen atoms in total. The Bertz CT molecular complexity index is 959. The van der Waals surface area contributed by atoms with Crippen LogP contribution in [0.2, 0.25) is 0 Å². The number of aromatic nitrogens is 3. The highest BCUT2D eigenvalue weighted by Crippen LogP contribution is 2.21. The summed E-state index contributed by atoms with van der Waals surface area (Å²) in [6, 6.07) is 8.87. The standard InChI is InChI=1S/C20H21N3O5/c1-13-10-17(14(2)23(13)9-8-19(25)26-3)18(24)11-27-16-6-4-15(5-7-16)20-22-21-12-28-20/h4-7,10,12H,8-9,11H2,1-3H3. The van der Waals surface area contributed by atoms with Crippen LogP contribution >= 0.6 is 0 Å². The molecule has 8 heteroatoms. The molecule has 0 aliphatic rings. The van der Waals surface area contributed by atoms with Crippen molar-refractivity contribution in [1.29, 1.82) is 0 Å². The van der Waals surface area contributed by atoms with Crippen LogP contribution in [0.1, 0.15) is 28.2 Å². The molecular weight excluding hydrogens is 362 g/mol. The largest absolute Gasteiger partial charge is 0.485 e. The number of hydrogen-bond donors (Lipinski definition) is 0. The van der Waals surface area contributed by atoms with Crippen molar-refractivity contribution >= 4 is 11.8 Å². The average Bonchev–Trinajstić information content (AvgIpc) is 3.33. The fraction of sp³-hybridized carbons (Fsp3) is 0.300. The summed E-state index contributed by atoms with van der Waals surface area (Å²) in [6.45, 7) is 4.14. The van der Waals surface area contributed by atoms with E-state index in [4.69, 9.17) is 9.15 Å². The molecule has 0 saturated heterocycles. The van der Waals surface area contributed by atoms with E-state index in [1.165, 1.54) is 13.5 Å². The number of rotatable bonds is 8. The van der Waals surface area contributed by atoms with Gasteiger partial charge in [-0.15, -0.1) is 10.2 Å². The molecule has 3 aromatic rings. The Labute approximate surface area is 162 Å². The van der Waals surface area contributed by atoms with Crippen LogP contribution < -0.4 is 4.74 Å². The number of carbonyl (C=O) groups excluding carboxylic acids is 2.